The molecule has 0 saturated heterocycles. The van der Waals surface area contributed by atoms with Gasteiger partial charge in [0.1, 0.15) is 11.5 Å². The van der Waals surface area contributed by atoms with Crippen LogP contribution in [0.15, 0.2) is 36.4 Å². The predicted molar refractivity (Wildman–Crippen MR) is 87.4 cm³/mol. The summed E-state index contributed by atoms with van der Waals surface area (Å²) in [5, 5.41) is 4.05. The molecule has 0 radical (unpaired) electrons. The molecule has 2 aromatic rings. The predicted octanol–water partition coefficient (Wildman–Crippen LogP) is 4.73. The number of halogens is 1. The van der Waals surface area contributed by atoms with Crippen LogP contribution in [0, 0.1) is 0 Å². The van der Waals surface area contributed by atoms with E-state index in [0.29, 0.717) is 0 Å². The Labute approximate surface area is 131 Å². The molecule has 0 saturated carbocycles. The summed E-state index contributed by atoms with van der Waals surface area (Å²) in [4.78, 5) is 0. The fourth-order valence-corrected chi connectivity index (χ4v) is 3.03. The number of hydrogen-bond donors (Lipinski definition) is 1. The lowest BCUT2D eigenvalue weighted by molar-refractivity contribution is 0.473. The van der Waals surface area contributed by atoms with Crippen LogP contribution in [-0.2, 0) is 19.4 Å². The van der Waals surface area contributed by atoms with Gasteiger partial charge in [-0.1, -0.05) is 30.7 Å². The van der Waals surface area contributed by atoms with E-state index in [1.165, 1.54) is 24.0 Å². The number of hydrogen-bond acceptors (Lipinski definition) is 2. The summed E-state index contributed by atoms with van der Waals surface area (Å²) >= 11 is 6.31. The molecule has 0 aromatic heterocycles. The Morgan fingerprint density at radius 2 is 2.00 bits per heavy atom. The minimum absolute atomic E-state index is 0.719. The molecule has 0 atom stereocenters. The minimum atomic E-state index is 0.719. The lowest BCUT2D eigenvalue weighted by atomic mass is 10.1. The molecule has 0 amide bonds. The Bertz CT molecular complexity index is 639. The van der Waals surface area contributed by atoms with Gasteiger partial charge in [-0.25, -0.2) is 0 Å². The first-order valence-corrected chi connectivity index (χ1v) is 7.93. The van der Waals surface area contributed by atoms with Crippen LogP contribution < -0.4 is 10.1 Å². The van der Waals surface area contributed by atoms with Gasteiger partial charge in [0.05, 0.1) is 0 Å². The first-order valence-electron chi connectivity index (χ1n) is 7.55. The zero-order valence-corrected chi connectivity index (χ0v) is 13.0. The van der Waals surface area contributed by atoms with Crippen molar-refractivity contribution in [2.75, 3.05) is 6.54 Å². The standard InChI is InChI=1S/C18H20ClNO/c1-2-20-12-16-17(19)7-4-8-18(16)21-15-10-9-13-5-3-6-14(13)11-15/h4,7-11,20H,2-3,5-6,12H2,1H3. The molecule has 0 aliphatic heterocycles. The number of fused-ring (bicyclic) bond motifs is 1. The molecule has 0 spiro atoms. The van der Waals surface area contributed by atoms with Crippen molar-refractivity contribution in [1.82, 2.24) is 5.32 Å². The summed E-state index contributed by atoms with van der Waals surface area (Å²) in [5.74, 6) is 1.73. The second-order valence-corrected chi connectivity index (χ2v) is 5.79. The van der Waals surface area contributed by atoms with E-state index < -0.39 is 0 Å². The van der Waals surface area contributed by atoms with Crippen LogP contribution in [0.25, 0.3) is 0 Å². The smallest absolute Gasteiger partial charge is 0.133 e. The van der Waals surface area contributed by atoms with E-state index in [1.807, 2.05) is 18.2 Å². The van der Waals surface area contributed by atoms with E-state index in [-0.39, 0.29) is 0 Å². The largest absolute Gasteiger partial charge is 0.457 e. The Balaban J connectivity index is 1.85. The van der Waals surface area contributed by atoms with Gasteiger partial charge >= 0.3 is 0 Å². The van der Waals surface area contributed by atoms with Crippen molar-refractivity contribution in [2.45, 2.75) is 32.7 Å². The second kappa shape index (κ2) is 6.50. The Hall–Kier alpha value is -1.51. The van der Waals surface area contributed by atoms with Crippen LogP contribution in [0.4, 0.5) is 0 Å². The lowest BCUT2D eigenvalue weighted by Gasteiger charge is -2.14. The van der Waals surface area contributed by atoms with E-state index in [9.17, 15) is 0 Å². The third-order valence-corrected chi connectivity index (χ3v) is 4.28. The number of nitrogens with one attached hydrogen (secondary N) is 1. The summed E-state index contributed by atoms with van der Waals surface area (Å²) in [6.45, 7) is 3.71. The van der Waals surface area contributed by atoms with Gasteiger partial charge in [0.2, 0.25) is 0 Å². The average Bonchev–Trinajstić information content (AvgIpc) is 2.94. The van der Waals surface area contributed by atoms with Gasteiger partial charge in [-0.15, -0.1) is 0 Å². The molecule has 21 heavy (non-hydrogen) atoms. The van der Waals surface area contributed by atoms with Gasteiger partial charge in [-0.05, 0) is 61.2 Å². The van der Waals surface area contributed by atoms with Crippen molar-refractivity contribution in [3.63, 3.8) is 0 Å². The summed E-state index contributed by atoms with van der Waals surface area (Å²) < 4.78 is 6.09. The first kappa shape index (κ1) is 14.4. The van der Waals surface area contributed by atoms with E-state index in [1.54, 1.807) is 0 Å². The second-order valence-electron chi connectivity index (χ2n) is 5.38. The molecule has 3 rings (SSSR count). The average molecular weight is 302 g/mol. The van der Waals surface area contributed by atoms with Gasteiger partial charge in [-0.3, -0.25) is 0 Å². The third kappa shape index (κ3) is 3.22. The van der Waals surface area contributed by atoms with Gasteiger partial charge < -0.3 is 10.1 Å². The van der Waals surface area contributed by atoms with Gasteiger partial charge in [0, 0.05) is 17.1 Å². The van der Waals surface area contributed by atoms with Crippen LogP contribution in [-0.4, -0.2) is 6.54 Å². The maximum absolute atomic E-state index is 6.31. The molecular weight excluding hydrogens is 282 g/mol. The summed E-state index contributed by atoms with van der Waals surface area (Å²) in [6, 6.07) is 12.2. The zero-order chi connectivity index (χ0) is 14.7. The van der Waals surface area contributed by atoms with Crippen LogP contribution in [0.5, 0.6) is 11.5 Å². The summed E-state index contributed by atoms with van der Waals surface area (Å²) in [5.41, 5.74) is 3.89. The van der Waals surface area contributed by atoms with E-state index in [2.05, 4.69) is 30.4 Å². The molecule has 1 N–H and O–H groups in total. The SMILES string of the molecule is CCNCc1c(Cl)cccc1Oc1ccc2c(c1)CCC2. The first-order chi connectivity index (χ1) is 10.3. The van der Waals surface area contributed by atoms with Crippen LogP contribution >= 0.6 is 11.6 Å². The van der Waals surface area contributed by atoms with Crippen molar-refractivity contribution in [3.8, 4) is 11.5 Å². The van der Waals surface area contributed by atoms with Crippen LogP contribution in [0.3, 0.4) is 0 Å². The third-order valence-electron chi connectivity index (χ3n) is 3.93. The normalized spacial score (nSPS) is 13.2. The molecule has 1 aliphatic rings. The topological polar surface area (TPSA) is 21.3 Å². The van der Waals surface area contributed by atoms with Crippen molar-refractivity contribution in [1.29, 1.82) is 0 Å². The molecule has 0 bridgehead atoms. The van der Waals surface area contributed by atoms with Crippen LogP contribution in [0.1, 0.15) is 30.0 Å². The molecule has 2 aromatic carbocycles. The monoisotopic (exact) mass is 301 g/mol. The number of aryl methyl sites for hydroxylation is 2. The fraction of sp³-hybridized carbons (Fsp3) is 0.333. The molecule has 2 nitrogen and oxygen atoms in total. The zero-order valence-electron chi connectivity index (χ0n) is 12.3. The maximum atomic E-state index is 6.31. The highest BCUT2D eigenvalue weighted by molar-refractivity contribution is 6.31. The minimum Gasteiger partial charge on any atom is -0.457 e. The molecule has 110 valence electrons. The van der Waals surface area contributed by atoms with E-state index in [4.69, 9.17) is 16.3 Å². The van der Waals surface area contributed by atoms with E-state index in [0.717, 1.165) is 41.6 Å². The summed E-state index contributed by atoms with van der Waals surface area (Å²) in [7, 11) is 0. The van der Waals surface area contributed by atoms with Crippen molar-refractivity contribution < 1.29 is 4.74 Å². The number of benzene rings is 2. The highest BCUT2D eigenvalue weighted by atomic mass is 35.5. The molecule has 1 aliphatic carbocycles. The molecule has 3 heteroatoms. The molecule has 0 heterocycles. The highest BCUT2D eigenvalue weighted by Gasteiger charge is 2.13. The molecule has 0 unspecified atom stereocenters. The Morgan fingerprint density at radius 1 is 1.14 bits per heavy atom. The molecule has 0 fully saturated rings. The molecular formula is C18H20ClNO. The Morgan fingerprint density at radius 3 is 2.86 bits per heavy atom. The number of rotatable bonds is 5. The highest BCUT2D eigenvalue weighted by Crippen LogP contribution is 2.33. The quantitative estimate of drug-likeness (QED) is 0.862. The van der Waals surface area contributed by atoms with Gasteiger partial charge in [-0.2, -0.15) is 0 Å². The van der Waals surface area contributed by atoms with Crippen molar-refractivity contribution >= 4 is 11.6 Å². The van der Waals surface area contributed by atoms with Gasteiger partial charge in [0.25, 0.3) is 0 Å². The maximum Gasteiger partial charge on any atom is 0.133 e. The van der Waals surface area contributed by atoms with Crippen molar-refractivity contribution in [2.24, 2.45) is 0 Å². The van der Waals surface area contributed by atoms with Crippen molar-refractivity contribution in [3.05, 3.63) is 58.1 Å². The number of ether oxygens (including phenoxy) is 1. The van der Waals surface area contributed by atoms with Gasteiger partial charge in [0.15, 0.2) is 0 Å². The lowest BCUT2D eigenvalue weighted by Crippen LogP contribution is -2.12. The van der Waals surface area contributed by atoms with E-state index >= 15 is 0 Å². The fourth-order valence-electron chi connectivity index (χ4n) is 2.79. The summed E-state index contributed by atoms with van der Waals surface area (Å²) in [6.07, 6.45) is 3.60. The Kier molecular flexibility index (Phi) is 4.47. The van der Waals surface area contributed by atoms with Crippen LogP contribution in [0.2, 0.25) is 5.02 Å².